The van der Waals surface area contributed by atoms with Crippen molar-refractivity contribution >= 4 is 23.3 Å². The van der Waals surface area contributed by atoms with E-state index in [0.29, 0.717) is 16.1 Å². The molecule has 1 aromatic carbocycles. The molecule has 0 saturated heterocycles. The van der Waals surface area contributed by atoms with E-state index in [4.69, 9.17) is 16.7 Å². The van der Waals surface area contributed by atoms with Gasteiger partial charge in [-0.15, -0.1) is 0 Å². The predicted molar refractivity (Wildman–Crippen MR) is 73.5 cm³/mol. The van der Waals surface area contributed by atoms with E-state index in [1.165, 1.54) is 25.3 Å². The number of carbonyl (C=O) groups is 1. The summed E-state index contributed by atoms with van der Waals surface area (Å²) in [7, 11) is 0. The fourth-order valence-electron chi connectivity index (χ4n) is 2.46. The molecular formula is C14H18ClNO2. The Morgan fingerprint density at radius 1 is 1.50 bits per heavy atom. The van der Waals surface area contributed by atoms with E-state index in [2.05, 4.69) is 12.2 Å². The van der Waals surface area contributed by atoms with Crippen LogP contribution in [-0.2, 0) is 0 Å². The molecule has 1 saturated carbocycles. The quantitative estimate of drug-likeness (QED) is 0.847. The van der Waals surface area contributed by atoms with Crippen molar-refractivity contribution in [3.63, 3.8) is 0 Å². The van der Waals surface area contributed by atoms with Crippen LogP contribution in [0.25, 0.3) is 0 Å². The number of hydrogen-bond donors (Lipinski definition) is 2. The van der Waals surface area contributed by atoms with Crippen molar-refractivity contribution < 1.29 is 9.90 Å². The van der Waals surface area contributed by atoms with Gasteiger partial charge in [0.2, 0.25) is 0 Å². The van der Waals surface area contributed by atoms with Crippen LogP contribution < -0.4 is 5.32 Å². The number of carboxylic acids is 1. The first-order valence-electron chi connectivity index (χ1n) is 6.33. The normalized spacial score (nSPS) is 17.0. The Morgan fingerprint density at radius 3 is 2.72 bits per heavy atom. The van der Waals surface area contributed by atoms with Crippen molar-refractivity contribution in [2.24, 2.45) is 5.41 Å². The molecule has 18 heavy (non-hydrogen) atoms. The molecule has 2 rings (SSSR count). The maximum Gasteiger partial charge on any atom is 0.337 e. The molecule has 0 amide bonds. The molecule has 0 aliphatic heterocycles. The zero-order valence-corrected chi connectivity index (χ0v) is 11.3. The zero-order chi connectivity index (χ0) is 13.2. The second-order valence-electron chi connectivity index (χ2n) is 5.06. The van der Waals surface area contributed by atoms with Crippen molar-refractivity contribution in [1.82, 2.24) is 0 Å². The predicted octanol–water partition coefficient (Wildman–Crippen LogP) is 4.03. The summed E-state index contributed by atoms with van der Waals surface area (Å²) in [5.74, 6) is -0.945. The lowest BCUT2D eigenvalue weighted by molar-refractivity contribution is 0.0697. The molecule has 1 aliphatic rings. The summed E-state index contributed by atoms with van der Waals surface area (Å²) in [5.41, 5.74) is 1.26. The Morgan fingerprint density at radius 2 is 2.22 bits per heavy atom. The first-order chi connectivity index (χ1) is 8.56. The average molecular weight is 268 g/mol. The number of benzene rings is 1. The molecule has 0 bridgehead atoms. The summed E-state index contributed by atoms with van der Waals surface area (Å²) >= 11 is 5.83. The molecule has 4 heteroatoms. The van der Waals surface area contributed by atoms with Gasteiger partial charge in [0, 0.05) is 17.3 Å². The molecule has 3 nitrogen and oxygen atoms in total. The van der Waals surface area contributed by atoms with Gasteiger partial charge in [-0.2, -0.15) is 0 Å². The third-order valence-corrected chi connectivity index (χ3v) is 4.27. The Kier molecular flexibility index (Phi) is 3.81. The summed E-state index contributed by atoms with van der Waals surface area (Å²) in [6.07, 6.45) is 4.87. The molecule has 0 radical (unpaired) electrons. The molecule has 0 unspecified atom stereocenters. The van der Waals surface area contributed by atoms with Crippen LogP contribution in [0.3, 0.4) is 0 Å². The van der Waals surface area contributed by atoms with E-state index in [0.717, 1.165) is 13.0 Å². The van der Waals surface area contributed by atoms with E-state index in [1.807, 2.05) is 0 Å². The molecule has 0 atom stereocenters. The topological polar surface area (TPSA) is 49.3 Å². The molecule has 1 aliphatic carbocycles. The third kappa shape index (κ3) is 2.61. The minimum absolute atomic E-state index is 0.244. The van der Waals surface area contributed by atoms with Crippen LogP contribution in [0, 0.1) is 5.41 Å². The van der Waals surface area contributed by atoms with Crippen molar-refractivity contribution in [1.29, 1.82) is 0 Å². The van der Waals surface area contributed by atoms with Gasteiger partial charge in [0.15, 0.2) is 0 Å². The minimum Gasteiger partial charge on any atom is -0.478 e. The number of anilines is 1. The molecule has 2 N–H and O–H groups in total. The molecule has 0 aromatic heterocycles. The highest BCUT2D eigenvalue weighted by molar-refractivity contribution is 6.31. The maximum absolute atomic E-state index is 11.2. The van der Waals surface area contributed by atoms with Gasteiger partial charge < -0.3 is 10.4 Å². The number of rotatable bonds is 5. The number of aromatic carboxylic acids is 1. The zero-order valence-electron chi connectivity index (χ0n) is 10.5. The number of nitrogens with one attached hydrogen (secondary N) is 1. The average Bonchev–Trinajstić information content (AvgIpc) is 2.29. The highest BCUT2D eigenvalue weighted by atomic mass is 35.5. The first-order valence-corrected chi connectivity index (χ1v) is 6.71. The molecule has 0 heterocycles. The molecule has 0 spiro atoms. The van der Waals surface area contributed by atoms with E-state index < -0.39 is 5.97 Å². The fraction of sp³-hybridized carbons (Fsp3) is 0.500. The highest BCUT2D eigenvalue weighted by Gasteiger charge is 2.34. The van der Waals surface area contributed by atoms with Crippen LogP contribution in [0.4, 0.5) is 5.69 Å². The number of hydrogen-bond acceptors (Lipinski definition) is 2. The van der Waals surface area contributed by atoms with Crippen LogP contribution in [0.5, 0.6) is 0 Å². The van der Waals surface area contributed by atoms with Gasteiger partial charge in [-0.25, -0.2) is 4.79 Å². The number of halogens is 1. The smallest absolute Gasteiger partial charge is 0.337 e. The van der Waals surface area contributed by atoms with Gasteiger partial charge in [0.05, 0.1) is 5.56 Å². The highest BCUT2D eigenvalue weighted by Crippen LogP contribution is 2.43. The Balaban J connectivity index is 2.11. The second kappa shape index (κ2) is 5.19. The van der Waals surface area contributed by atoms with Gasteiger partial charge >= 0.3 is 5.97 Å². The monoisotopic (exact) mass is 267 g/mol. The summed E-state index contributed by atoms with van der Waals surface area (Å²) in [6, 6.07) is 4.95. The van der Waals surface area contributed by atoms with Gasteiger partial charge in [0.25, 0.3) is 0 Å². The van der Waals surface area contributed by atoms with Gasteiger partial charge in [-0.1, -0.05) is 24.9 Å². The van der Waals surface area contributed by atoms with Crippen molar-refractivity contribution in [3.05, 3.63) is 28.8 Å². The molecule has 98 valence electrons. The minimum atomic E-state index is -0.945. The molecule has 1 fully saturated rings. The van der Waals surface area contributed by atoms with E-state index in [9.17, 15) is 4.79 Å². The van der Waals surface area contributed by atoms with Gasteiger partial charge in [-0.3, -0.25) is 0 Å². The van der Waals surface area contributed by atoms with Crippen molar-refractivity contribution in [3.8, 4) is 0 Å². The summed E-state index contributed by atoms with van der Waals surface area (Å²) < 4.78 is 0. The van der Waals surface area contributed by atoms with Crippen LogP contribution in [-0.4, -0.2) is 17.6 Å². The Bertz CT molecular complexity index is 450. The largest absolute Gasteiger partial charge is 0.478 e. The Labute approximate surface area is 112 Å². The van der Waals surface area contributed by atoms with Gasteiger partial charge in [0.1, 0.15) is 0 Å². The second-order valence-corrected chi connectivity index (χ2v) is 5.49. The summed E-state index contributed by atoms with van der Waals surface area (Å²) in [4.78, 5) is 11.2. The lowest BCUT2D eigenvalue weighted by atomic mass is 9.67. The number of carboxylic acid groups (broad SMARTS) is 1. The lowest BCUT2D eigenvalue weighted by Gasteiger charge is -2.41. The van der Waals surface area contributed by atoms with Crippen LogP contribution >= 0.6 is 11.6 Å². The van der Waals surface area contributed by atoms with E-state index in [-0.39, 0.29) is 5.56 Å². The SMILES string of the molecule is CCC1(CNc2ccc(Cl)cc2C(=O)O)CCC1. The summed E-state index contributed by atoms with van der Waals surface area (Å²) in [5, 5.41) is 12.9. The van der Waals surface area contributed by atoms with E-state index >= 15 is 0 Å². The van der Waals surface area contributed by atoms with Crippen LogP contribution in [0.1, 0.15) is 43.0 Å². The van der Waals surface area contributed by atoms with Gasteiger partial charge in [-0.05, 0) is 42.9 Å². The summed E-state index contributed by atoms with van der Waals surface area (Å²) in [6.45, 7) is 3.03. The molecular weight excluding hydrogens is 250 g/mol. The van der Waals surface area contributed by atoms with Crippen molar-refractivity contribution in [2.45, 2.75) is 32.6 Å². The van der Waals surface area contributed by atoms with Crippen molar-refractivity contribution in [2.75, 3.05) is 11.9 Å². The van der Waals surface area contributed by atoms with Crippen LogP contribution in [0.2, 0.25) is 5.02 Å². The standard InChI is InChI=1S/C14H18ClNO2/c1-2-14(6-3-7-14)9-16-12-5-4-10(15)8-11(12)13(17)18/h4-5,8,16H,2-3,6-7,9H2,1H3,(H,17,18). The lowest BCUT2D eigenvalue weighted by Crippen LogP contribution is -2.36. The fourth-order valence-corrected chi connectivity index (χ4v) is 2.63. The third-order valence-electron chi connectivity index (χ3n) is 4.03. The first kappa shape index (κ1) is 13.2. The molecule has 1 aromatic rings. The Hall–Kier alpha value is -1.22. The van der Waals surface area contributed by atoms with E-state index in [1.54, 1.807) is 12.1 Å². The van der Waals surface area contributed by atoms with Crippen LogP contribution in [0.15, 0.2) is 18.2 Å². The maximum atomic E-state index is 11.2.